The van der Waals surface area contributed by atoms with E-state index in [2.05, 4.69) is 25.1 Å². The van der Waals surface area contributed by atoms with Crippen molar-refractivity contribution in [3.05, 3.63) is 53.7 Å². The molecule has 0 saturated carbocycles. The second-order valence-corrected chi connectivity index (χ2v) is 5.82. The van der Waals surface area contributed by atoms with Gasteiger partial charge in [0.15, 0.2) is 24.8 Å². The summed E-state index contributed by atoms with van der Waals surface area (Å²) in [6, 6.07) is 4.80. The molecule has 1 heterocycles. The van der Waals surface area contributed by atoms with Crippen LogP contribution in [0.4, 0.5) is 27.6 Å². The summed E-state index contributed by atoms with van der Waals surface area (Å²) in [4.78, 5) is 38.6. The Balaban J connectivity index is 1.73. The molecule has 2 aromatic rings. The monoisotopic (exact) mass is 447 g/mol. The number of carbonyl (C=O) groups is 3. The van der Waals surface area contributed by atoms with Gasteiger partial charge in [-0.1, -0.05) is 0 Å². The second kappa shape index (κ2) is 10.3. The van der Waals surface area contributed by atoms with Crippen LogP contribution in [0.25, 0.3) is 0 Å². The van der Waals surface area contributed by atoms with Gasteiger partial charge in [-0.05, 0) is 18.2 Å². The zero-order valence-corrected chi connectivity index (χ0v) is 15.5. The van der Waals surface area contributed by atoms with Crippen LogP contribution in [0.1, 0.15) is 10.4 Å². The van der Waals surface area contributed by atoms with E-state index in [4.69, 9.17) is 0 Å². The largest absolute Gasteiger partial charge is 0.468 e. The number of anilines is 1. The minimum absolute atomic E-state index is 0.0280. The van der Waals surface area contributed by atoms with Gasteiger partial charge in [-0.2, -0.15) is 13.2 Å². The van der Waals surface area contributed by atoms with Crippen molar-refractivity contribution in [1.82, 2.24) is 10.3 Å². The van der Waals surface area contributed by atoms with Gasteiger partial charge in [0, 0.05) is 24.0 Å². The number of benzene rings is 1. The topological polar surface area (TPSA) is 107 Å². The zero-order valence-electron chi connectivity index (χ0n) is 15.5. The molecule has 0 bridgehead atoms. The number of hydrogen-bond acceptors (Lipinski definition) is 6. The highest BCUT2D eigenvalue weighted by Crippen LogP contribution is 2.17. The third-order valence-corrected chi connectivity index (χ3v) is 3.34. The van der Waals surface area contributed by atoms with Gasteiger partial charge in [0.1, 0.15) is 0 Å². The summed E-state index contributed by atoms with van der Waals surface area (Å²) >= 11 is 0. The first-order valence-electron chi connectivity index (χ1n) is 8.38. The normalized spacial score (nSPS) is 10.9. The molecule has 0 atom stereocenters. The lowest BCUT2D eigenvalue weighted by Crippen LogP contribution is -2.35. The number of ether oxygens (including phenoxy) is 2. The maximum Gasteiger partial charge on any atom is 0.422 e. The average molecular weight is 447 g/mol. The lowest BCUT2D eigenvalue weighted by atomic mass is 10.3. The summed E-state index contributed by atoms with van der Waals surface area (Å²) in [5.74, 6) is -5.19. The number of halogens is 5. The Morgan fingerprint density at radius 3 is 2.35 bits per heavy atom. The summed E-state index contributed by atoms with van der Waals surface area (Å²) in [6.07, 6.45) is -3.64. The number of nitrogens with zero attached hydrogens (tertiary/aromatic N) is 1. The summed E-state index contributed by atoms with van der Waals surface area (Å²) in [5, 5.41) is 4.36. The number of hydrogen-bond donors (Lipinski definition) is 2. The molecule has 0 aliphatic carbocycles. The van der Waals surface area contributed by atoms with Crippen LogP contribution in [0.15, 0.2) is 36.5 Å². The van der Waals surface area contributed by atoms with Crippen LogP contribution in [-0.4, -0.2) is 48.7 Å². The minimum atomic E-state index is -4.54. The van der Waals surface area contributed by atoms with E-state index in [1.165, 1.54) is 0 Å². The van der Waals surface area contributed by atoms with Crippen LogP contribution in [0.3, 0.4) is 0 Å². The SMILES string of the molecule is O=C(COC(=O)c1ccc(OCC(F)(F)F)nc1)NCC(=O)Nc1ccc(F)c(F)c1. The van der Waals surface area contributed by atoms with Gasteiger partial charge in [0.25, 0.3) is 5.91 Å². The Hall–Kier alpha value is -3.77. The molecule has 8 nitrogen and oxygen atoms in total. The number of alkyl halides is 3. The standard InChI is InChI=1S/C18H14F5N3O5/c19-12-3-2-11(5-13(12)20)26-14(27)7-24-15(28)8-30-17(29)10-1-4-16(25-6-10)31-9-18(21,22)23/h1-6H,7-9H2,(H,24,28)(H,26,27). The third-order valence-electron chi connectivity index (χ3n) is 3.34. The van der Waals surface area contributed by atoms with Crippen molar-refractivity contribution in [2.45, 2.75) is 6.18 Å². The lowest BCUT2D eigenvalue weighted by molar-refractivity contribution is -0.154. The Labute approximate surface area is 171 Å². The van der Waals surface area contributed by atoms with Crippen LogP contribution in [0.2, 0.25) is 0 Å². The van der Waals surface area contributed by atoms with Gasteiger partial charge in [-0.15, -0.1) is 0 Å². The molecule has 166 valence electrons. The highest BCUT2D eigenvalue weighted by Gasteiger charge is 2.28. The predicted molar refractivity (Wildman–Crippen MR) is 94.1 cm³/mol. The Bertz CT molecular complexity index is 951. The number of esters is 1. The summed E-state index contributed by atoms with van der Waals surface area (Å²) < 4.78 is 71.1. The van der Waals surface area contributed by atoms with Crippen molar-refractivity contribution in [3.8, 4) is 5.88 Å². The van der Waals surface area contributed by atoms with E-state index in [0.717, 1.165) is 36.5 Å². The van der Waals surface area contributed by atoms with Crippen LogP contribution in [0, 0.1) is 11.6 Å². The number of carbonyl (C=O) groups excluding carboxylic acids is 3. The minimum Gasteiger partial charge on any atom is -0.468 e. The van der Waals surface area contributed by atoms with E-state index in [0.29, 0.717) is 0 Å². The fraction of sp³-hybridized carbons (Fsp3) is 0.222. The molecule has 2 N–H and O–H groups in total. The third kappa shape index (κ3) is 8.24. The predicted octanol–water partition coefficient (Wildman–Crippen LogP) is 2.21. The van der Waals surface area contributed by atoms with Gasteiger partial charge < -0.3 is 20.1 Å². The molecule has 0 saturated heterocycles. The maximum atomic E-state index is 13.1. The van der Waals surface area contributed by atoms with Crippen molar-refractivity contribution in [2.24, 2.45) is 0 Å². The van der Waals surface area contributed by atoms with E-state index in [9.17, 15) is 36.3 Å². The number of rotatable bonds is 8. The van der Waals surface area contributed by atoms with E-state index < -0.39 is 55.4 Å². The van der Waals surface area contributed by atoms with Crippen LogP contribution in [0.5, 0.6) is 5.88 Å². The smallest absolute Gasteiger partial charge is 0.422 e. The zero-order chi connectivity index (χ0) is 23.0. The molecular weight excluding hydrogens is 433 g/mol. The lowest BCUT2D eigenvalue weighted by Gasteiger charge is -2.09. The van der Waals surface area contributed by atoms with Crippen molar-refractivity contribution in [1.29, 1.82) is 0 Å². The molecule has 31 heavy (non-hydrogen) atoms. The molecule has 0 fully saturated rings. The Morgan fingerprint density at radius 2 is 1.74 bits per heavy atom. The summed E-state index contributed by atoms with van der Waals surface area (Å²) in [7, 11) is 0. The van der Waals surface area contributed by atoms with E-state index >= 15 is 0 Å². The fourth-order valence-corrected chi connectivity index (χ4v) is 1.97. The molecule has 2 rings (SSSR count). The molecule has 1 aromatic carbocycles. The first-order chi connectivity index (χ1) is 14.5. The Kier molecular flexibility index (Phi) is 7.82. The van der Waals surface area contributed by atoms with E-state index in [1.807, 2.05) is 0 Å². The van der Waals surface area contributed by atoms with Gasteiger partial charge in [-0.3, -0.25) is 9.59 Å². The number of pyridine rings is 1. The first-order valence-corrected chi connectivity index (χ1v) is 8.38. The molecule has 0 aliphatic heterocycles. The van der Waals surface area contributed by atoms with Crippen molar-refractivity contribution in [2.75, 3.05) is 25.1 Å². The van der Waals surface area contributed by atoms with E-state index in [1.54, 1.807) is 0 Å². The van der Waals surface area contributed by atoms with Gasteiger partial charge >= 0.3 is 12.1 Å². The Morgan fingerprint density at radius 1 is 1.00 bits per heavy atom. The average Bonchev–Trinajstić information content (AvgIpc) is 2.71. The molecule has 0 unspecified atom stereocenters. The van der Waals surface area contributed by atoms with Gasteiger partial charge in [0.2, 0.25) is 11.8 Å². The highest BCUT2D eigenvalue weighted by molar-refractivity contribution is 5.95. The van der Waals surface area contributed by atoms with E-state index in [-0.39, 0.29) is 17.1 Å². The van der Waals surface area contributed by atoms with Crippen LogP contribution >= 0.6 is 0 Å². The quantitative estimate of drug-likeness (QED) is 0.475. The van der Waals surface area contributed by atoms with Crippen LogP contribution < -0.4 is 15.4 Å². The summed E-state index contributed by atoms with van der Waals surface area (Å²) in [5.41, 5.74) is -0.178. The molecule has 13 heteroatoms. The first kappa shape index (κ1) is 23.5. The number of nitrogens with one attached hydrogen (secondary N) is 2. The molecule has 0 aliphatic rings. The van der Waals surface area contributed by atoms with Gasteiger partial charge in [0.05, 0.1) is 12.1 Å². The van der Waals surface area contributed by atoms with Crippen molar-refractivity contribution in [3.63, 3.8) is 0 Å². The molecule has 1 aromatic heterocycles. The molecule has 0 spiro atoms. The van der Waals surface area contributed by atoms with Gasteiger partial charge in [-0.25, -0.2) is 18.6 Å². The molecule has 0 radical (unpaired) electrons. The van der Waals surface area contributed by atoms with Crippen molar-refractivity contribution >= 4 is 23.5 Å². The number of amides is 2. The summed E-state index contributed by atoms with van der Waals surface area (Å²) in [6.45, 7) is -2.85. The van der Waals surface area contributed by atoms with Crippen LogP contribution in [-0.2, 0) is 14.3 Å². The fourth-order valence-electron chi connectivity index (χ4n) is 1.97. The second-order valence-electron chi connectivity index (χ2n) is 5.82. The highest BCUT2D eigenvalue weighted by atomic mass is 19.4. The molecular formula is C18H14F5N3O5. The molecule has 2 amide bonds. The number of aromatic nitrogens is 1. The maximum absolute atomic E-state index is 13.1. The van der Waals surface area contributed by atoms with Crippen molar-refractivity contribution < 1.29 is 45.8 Å².